The third-order valence-corrected chi connectivity index (χ3v) is 0.742. The monoisotopic (exact) mass is 190 g/mol. The van der Waals surface area contributed by atoms with E-state index in [-0.39, 0.29) is 0 Å². The van der Waals surface area contributed by atoms with E-state index in [2.05, 4.69) is 12.5 Å². The van der Waals surface area contributed by atoms with E-state index >= 15 is 0 Å². The molecule has 0 aromatic heterocycles. The molecule has 0 heterocycles. The van der Waals surface area contributed by atoms with Crippen molar-refractivity contribution in [1.29, 1.82) is 0 Å². The molecule has 1 radical (unpaired) electrons. The third-order valence-electron chi connectivity index (χ3n) is 0.0369. The number of halogens is 2. The van der Waals surface area contributed by atoms with Gasteiger partial charge in [-0.1, -0.05) is 0 Å². The van der Waals surface area contributed by atoms with Gasteiger partial charge in [0.25, 0.3) is 0 Å². The van der Waals surface area contributed by atoms with Crippen LogP contribution in [0.25, 0.3) is 0 Å². The fourth-order valence-electron chi connectivity index (χ4n) is 0. The summed E-state index contributed by atoms with van der Waals surface area (Å²) in [4.78, 5) is 0. The van der Waals surface area contributed by atoms with Gasteiger partial charge in [-0.2, -0.15) is 0 Å². The van der Waals surface area contributed by atoms with Crippen LogP contribution in [0.5, 0.6) is 0 Å². The van der Waals surface area contributed by atoms with Gasteiger partial charge in [-0.25, -0.2) is 0 Å². The first-order valence-corrected chi connectivity index (χ1v) is 3.20. The second kappa shape index (κ2) is 4.07. The van der Waals surface area contributed by atoms with Gasteiger partial charge in [0.1, 0.15) is 0 Å². The Hall–Kier alpha value is 1.07. The molecule has 4 heteroatoms. The van der Waals surface area contributed by atoms with Gasteiger partial charge in [0, 0.05) is 0 Å². The summed E-state index contributed by atoms with van der Waals surface area (Å²) in [6, 6.07) is 0. The van der Waals surface area contributed by atoms with Crippen LogP contribution < -0.4 is 21.6 Å². The minimum atomic E-state index is -1.15. The normalized spacial score (nSPS) is 7.50. The van der Waals surface area contributed by atoms with Gasteiger partial charge in [-0.05, 0) is 0 Å². The molecular formula is HBFIS-. The van der Waals surface area contributed by atoms with Crippen LogP contribution in [0.15, 0.2) is 0 Å². The van der Waals surface area contributed by atoms with Crippen LogP contribution in [0, 0.1) is 0 Å². The predicted octanol–water partition coefficient (Wildman–Crippen LogP) is -2.58. The number of hydrogen-bond acceptors (Lipinski definition) is 1. The topological polar surface area (TPSA) is 0 Å². The molecule has 0 unspecified atom stereocenters. The van der Waals surface area contributed by atoms with Gasteiger partial charge in [0.2, 0.25) is 0 Å². The Morgan fingerprint density at radius 2 is 2.25 bits per heavy atom. The summed E-state index contributed by atoms with van der Waals surface area (Å²) in [5, 5.41) is 0. The van der Waals surface area contributed by atoms with Crippen LogP contribution in [0.4, 0.5) is 2.86 Å². The van der Waals surface area contributed by atoms with Gasteiger partial charge in [0.05, 0.1) is 0 Å². The molecule has 0 nitrogen and oxygen atoms in total. The Morgan fingerprint density at radius 1 is 2.00 bits per heavy atom. The second-order valence-corrected chi connectivity index (χ2v) is 2.52. The number of rotatable bonds is 1. The van der Waals surface area contributed by atoms with Crippen molar-refractivity contribution in [2.75, 3.05) is 0 Å². The van der Waals surface area contributed by atoms with Gasteiger partial charge < -0.3 is 0 Å². The molecule has 0 fully saturated rings. The van der Waals surface area contributed by atoms with Crippen molar-refractivity contribution in [3.63, 3.8) is 0 Å². The van der Waals surface area contributed by atoms with E-state index in [1.807, 2.05) is 0 Å². The summed E-state index contributed by atoms with van der Waals surface area (Å²) < 4.78 is 12.0. The molecule has 0 saturated carbocycles. The molecule has 0 rings (SSSR count). The maximum atomic E-state index is 10.7. The van der Waals surface area contributed by atoms with E-state index < -0.39 is 21.6 Å². The molecule has 0 amide bonds. The standard InChI is InChI=1S/BFHIS/c2-3-1-4/h4H/q-1. The predicted molar refractivity (Wildman–Crippen MR) is 15.8 cm³/mol. The summed E-state index contributed by atoms with van der Waals surface area (Å²) in [6.45, 7) is 0. The van der Waals surface area contributed by atoms with E-state index in [0.29, 0.717) is 0 Å². The molecular weight excluding hydrogens is 189 g/mol. The van der Waals surface area contributed by atoms with E-state index in [9.17, 15) is 2.86 Å². The van der Waals surface area contributed by atoms with Gasteiger partial charge in [0.15, 0.2) is 0 Å². The fraction of sp³-hybridized carbons (Fsp3) is 0. The molecule has 25 valence electrons. The van der Waals surface area contributed by atoms with Crippen molar-refractivity contribution in [2.24, 2.45) is 0 Å². The van der Waals surface area contributed by atoms with E-state index in [1.54, 1.807) is 0 Å². The molecule has 0 aliphatic heterocycles. The molecule has 0 aromatic rings. The molecule has 0 aliphatic rings. The van der Waals surface area contributed by atoms with Crippen molar-refractivity contribution in [3.05, 3.63) is 0 Å². The van der Waals surface area contributed by atoms with Crippen LogP contribution in [0.1, 0.15) is 0 Å². The zero-order valence-electron chi connectivity index (χ0n) is 1.78. The summed E-state index contributed by atoms with van der Waals surface area (Å²) in [7, 11) is 0. The summed E-state index contributed by atoms with van der Waals surface area (Å²) in [5.41, 5.74) is 0. The van der Waals surface area contributed by atoms with Crippen LogP contribution in [0.3, 0.4) is 0 Å². The van der Waals surface area contributed by atoms with E-state index in [1.165, 1.54) is 4.41 Å². The maximum absolute atomic E-state index is 10.7. The Kier molecular flexibility index (Phi) is 5.17. The van der Waals surface area contributed by atoms with Gasteiger partial charge >= 0.3 is 41.3 Å². The summed E-state index contributed by atoms with van der Waals surface area (Å²) in [5.74, 6) is 0. The van der Waals surface area contributed by atoms with Gasteiger partial charge in [-0.3, -0.25) is 0 Å². The third kappa shape index (κ3) is 3.07. The van der Waals surface area contributed by atoms with E-state index in [4.69, 9.17) is 0 Å². The van der Waals surface area contributed by atoms with E-state index in [0.717, 1.165) is 0 Å². The fourth-order valence-corrected chi connectivity index (χ4v) is 0. The first kappa shape index (κ1) is 5.07. The molecule has 0 atom stereocenters. The van der Waals surface area contributed by atoms with Crippen LogP contribution >= 0.6 is 12.5 Å². The van der Waals surface area contributed by atoms with Crippen LogP contribution in [-0.4, -0.2) is 4.41 Å². The SMILES string of the molecule is F[I-][B]S. The molecule has 0 N–H and O–H groups in total. The molecule has 0 spiro atoms. The summed E-state index contributed by atoms with van der Waals surface area (Å²) >= 11 is 2.32. The van der Waals surface area contributed by atoms with Crippen molar-refractivity contribution >= 4 is 16.9 Å². The number of thiol groups is 1. The molecule has 0 bridgehead atoms. The van der Waals surface area contributed by atoms with Crippen molar-refractivity contribution < 1.29 is 24.4 Å². The Morgan fingerprint density at radius 3 is 2.25 bits per heavy atom. The Bertz CT molecular complexity index is 10.0. The van der Waals surface area contributed by atoms with Crippen molar-refractivity contribution in [1.82, 2.24) is 0 Å². The van der Waals surface area contributed by atoms with Crippen molar-refractivity contribution in [2.45, 2.75) is 0 Å². The van der Waals surface area contributed by atoms with Crippen molar-refractivity contribution in [3.8, 4) is 0 Å². The molecule has 0 saturated heterocycles. The summed E-state index contributed by atoms with van der Waals surface area (Å²) in [6.07, 6.45) is 0. The average Bonchev–Trinajstić information content (AvgIpc) is 1.37. The average molecular weight is 190 g/mol. The zero-order valence-corrected chi connectivity index (χ0v) is 4.83. The first-order chi connectivity index (χ1) is 1.91. The Balaban J connectivity index is 1.97. The Labute approximate surface area is 41.5 Å². The van der Waals surface area contributed by atoms with Crippen LogP contribution in [-0.2, 0) is 0 Å². The molecule has 4 heavy (non-hydrogen) atoms. The zero-order chi connectivity index (χ0) is 3.41. The second-order valence-electron chi connectivity index (χ2n) is 0.180. The quantitative estimate of drug-likeness (QED) is 0.262. The number of hydrogen-bond donors (Lipinski definition) is 1. The van der Waals surface area contributed by atoms with Crippen LogP contribution in [0.2, 0.25) is 0 Å². The minimum absolute atomic E-state index is 1.15. The molecule has 0 aliphatic carbocycles. The van der Waals surface area contributed by atoms with Gasteiger partial charge in [-0.15, -0.1) is 0 Å². The first-order valence-electron chi connectivity index (χ1n) is 0.619. The molecule has 0 aromatic carbocycles.